The maximum atomic E-state index is 11.2. The van der Waals surface area contributed by atoms with E-state index in [0.29, 0.717) is 24.0 Å². The number of amides is 1. The first-order valence-corrected chi connectivity index (χ1v) is 14.6. The number of carboxylic acid groups (broad SMARTS) is 2. The Morgan fingerprint density at radius 2 is 1.44 bits per heavy atom. The number of allylic oxidation sites excluding steroid dienone is 4. The number of hydrogen-bond acceptors (Lipinski definition) is 6. The third kappa shape index (κ3) is 24.5. The van der Waals surface area contributed by atoms with Crippen molar-refractivity contribution < 1.29 is 34.2 Å². The van der Waals surface area contributed by atoms with Crippen LogP contribution in [-0.2, 0) is 14.4 Å². The molecule has 9 heteroatoms. The molecule has 9 nitrogen and oxygen atoms in total. The number of nitrogens with zero attached hydrogens (tertiary/aromatic N) is 1. The molecule has 39 heavy (non-hydrogen) atoms. The number of hydrogen-bond donors (Lipinski definition) is 4. The summed E-state index contributed by atoms with van der Waals surface area (Å²) in [6, 6.07) is -0.718. The van der Waals surface area contributed by atoms with Gasteiger partial charge in [0.25, 0.3) is 0 Å². The highest BCUT2D eigenvalue weighted by Gasteiger charge is 2.33. The molecule has 0 aromatic rings. The molecule has 2 atom stereocenters. The lowest BCUT2D eigenvalue weighted by Crippen LogP contribution is -2.51. The van der Waals surface area contributed by atoms with Gasteiger partial charge in [-0.25, -0.2) is 0 Å². The maximum absolute atomic E-state index is 11.2. The minimum Gasteiger partial charge on any atom is -0.550 e. The van der Waals surface area contributed by atoms with Crippen LogP contribution in [0.1, 0.15) is 103 Å². The van der Waals surface area contributed by atoms with E-state index in [9.17, 15) is 24.6 Å². The van der Waals surface area contributed by atoms with Crippen molar-refractivity contribution in [3.63, 3.8) is 0 Å². The largest absolute Gasteiger partial charge is 0.550 e. The van der Waals surface area contributed by atoms with Crippen LogP contribution < -0.4 is 16.2 Å². The van der Waals surface area contributed by atoms with Gasteiger partial charge in [-0.1, -0.05) is 62.8 Å². The molecule has 1 amide bonds. The lowest BCUT2D eigenvalue weighted by atomic mass is 9.91. The van der Waals surface area contributed by atoms with E-state index in [-0.39, 0.29) is 19.3 Å². The maximum Gasteiger partial charge on any atom is 0.320 e. The summed E-state index contributed by atoms with van der Waals surface area (Å²) in [4.78, 5) is 33.0. The van der Waals surface area contributed by atoms with Gasteiger partial charge in [0.15, 0.2) is 0 Å². The van der Waals surface area contributed by atoms with Crippen molar-refractivity contribution in [3.05, 3.63) is 24.3 Å². The second kappa shape index (κ2) is 21.6. The highest BCUT2D eigenvalue weighted by molar-refractivity contribution is 5.77. The van der Waals surface area contributed by atoms with Gasteiger partial charge >= 0.3 is 5.97 Å². The number of unbranched alkanes of at least 4 members (excludes halogenated alkanes) is 9. The molecule has 0 bridgehead atoms. The molecule has 5 N–H and O–H groups in total. The molecule has 0 saturated heterocycles. The molecular weight excluding hydrogens is 498 g/mol. The number of quaternary nitrogens is 1. The number of carbonyl (C=O) groups is 3. The third-order valence-electron chi connectivity index (χ3n) is 6.53. The molecule has 0 saturated carbocycles. The van der Waals surface area contributed by atoms with Gasteiger partial charge in [-0.2, -0.15) is 0 Å². The van der Waals surface area contributed by atoms with Crippen LogP contribution in [0.3, 0.4) is 0 Å². The van der Waals surface area contributed by atoms with Crippen LogP contribution in [0.2, 0.25) is 0 Å². The zero-order chi connectivity index (χ0) is 29.6. The second-order valence-electron chi connectivity index (χ2n) is 11.8. The van der Waals surface area contributed by atoms with Gasteiger partial charge < -0.3 is 35.6 Å². The van der Waals surface area contributed by atoms with Crippen molar-refractivity contribution in [2.75, 3.05) is 34.2 Å². The van der Waals surface area contributed by atoms with E-state index in [1.54, 1.807) is 0 Å². The predicted octanol–water partition coefficient (Wildman–Crippen LogP) is 3.06. The molecule has 1 unspecified atom stereocenters. The number of likely N-dealkylation sites (N-methyl/N-ethyl adjacent to an activating group) is 1. The van der Waals surface area contributed by atoms with Crippen molar-refractivity contribution in [3.8, 4) is 0 Å². The summed E-state index contributed by atoms with van der Waals surface area (Å²) in [6.07, 6.45) is 21.7. The second-order valence-corrected chi connectivity index (χ2v) is 11.8. The van der Waals surface area contributed by atoms with Gasteiger partial charge in [-0.15, -0.1) is 0 Å². The first-order chi connectivity index (χ1) is 18.3. The molecule has 0 heterocycles. The molecule has 0 aliphatic rings. The summed E-state index contributed by atoms with van der Waals surface area (Å²) in [7, 11) is 5.86. The van der Waals surface area contributed by atoms with E-state index < -0.39 is 29.5 Å². The summed E-state index contributed by atoms with van der Waals surface area (Å²) in [5, 5.41) is 33.9. The normalized spacial score (nSPS) is 14.6. The van der Waals surface area contributed by atoms with Gasteiger partial charge in [-0.3, -0.25) is 9.59 Å². The Morgan fingerprint density at radius 3 is 1.95 bits per heavy atom. The molecule has 0 aliphatic heterocycles. The fraction of sp³-hybridized carbons (Fsp3) is 0.767. The van der Waals surface area contributed by atoms with Crippen molar-refractivity contribution in [2.45, 2.75) is 114 Å². The summed E-state index contributed by atoms with van der Waals surface area (Å²) in [5.41, 5.74) is 3.88. The molecule has 0 radical (unpaired) electrons. The lowest BCUT2D eigenvalue weighted by Gasteiger charge is -2.36. The molecule has 0 spiro atoms. The Balaban J connectivity index is 3.71. The van der Waals surface area contributed by atoms with Crippen LogP contribution in [-0.4, -0.2) is 78.4 Å². The zero-order valence-corrected chi connectivity index (χ0v) is 24.7. The highest BCUT2D eigenvalue weighted by atomic mass is 16.4. The number of nitrogens with one attached hydrogen (secondary N) is 1. The topological polar surface area (TPSA) is 153 Å². The van der Waals surface area contributed by atoms with Crippen LogP contribution in [0.4, 0.5) is 0 Å². The number of rotatable bonds is 26. The van der Waals surface area contributed by atoms with E-state index in [1.807, 2.05) is 21.1 Å². The fourth-order valence-electron chi connectivity index (χ4n) is 4.74. The average molecular weight is 554 g/mol. The van der Waals surface area contributed by atoms with Gasteiger partial charge in [0.2, 0.25) is 5.91 Å². The molecule has 0 aromatic carbocycles. The summed E-state index contributed by atoms with van der Waals surface area (Å²) >= 11 is 0. The van der Waals surface area contributed by atoms with Gasteiger partial charge in [0, 0.05) is 18.8 Å². The molecule has 0 rings (SSSR count). The van der Waals surface area contributed by atoms with E-state index in [4.69, 9.17) is 10.8 Å². The number of nitrogens with two attached hydrogens (primary N) is 1. The molecule has 0 fully saturated rings. The van der Waals surface area contributed by atoms with E-state index in [1.165, 1.54) is 6.42 Å². The Kier molecular flexibility index (Phi) is 20.3. The Hall–Kier alpha value is -2.23. The minimum absolute atomic E-state index is 0.0743. The van der Waals surface area contributed by atoms with Gasteiger partial charge in [-0.05, 0) is 57.9 Å². The van der Waals surface area contributed by atoms with Crippen LogP contribution >= 0.6 is 0 Å². The van der Waals surface area contributed by atoms with E-state index in [0.717, 1.165) is 70.6 Å². The first-order valence-electron chi connectivity index (χ1n) is 14.6. The quantitative estimate of drug-likeness (QED) is 0.0729. The van der Waals surface area contributed by atoms with Crippen molar-refractivity contribution in [1.82, 2.24) is 5.32 Å². The Morgan fingerprint density at radius 1 is 0.897 bits per heavy atom. The first kappa shape index (κ1) is 36.8. The summed E-state index contributed by atoms with van der Waals surface area (Å²) in [6.45, 7) is 1.02. The minimum atomic E-state index is -1.20. The SMILES string of the molecule is C[N+](C)(C)CC(O)(CCCCCCCC/C=C\C/C=C\CCCCCN[C@@H](CCC(N)=O)C(=O)O)CC(=O)[O-]. The number of aliphatic carboxylic acids is 2. The Bertz CT molecular complexity index is 747. The monoisotopic (exact) mass is 553 g/mol. The van der Waals surface area contributed by atoms with Gasteiger partial charge in [0.1, 0.15) is 18.2 Å². The average Bonchev–Trinajstić information content (AvgIpc) is 2.80. The third-order valence-corrected chi connectivity index (χ3v) is 6.53. The van der Waals surface area contributed by atoms with Crippen LogP contribution in [0.25, 0.3) is 0 Å². The van der Waals surface area contributed by atoms with Crippen molar-refractivity contribution in [2.24, 2.45) is 5.73 Å². The number of carboxylic acids is 2. The lowest BCUT2D eigenvalue weighted by molar-refractivity contribution is -0.877. The van der Waals surface area contributed by atoms with Crippen LogP contribution in [0.5, 0.6) is 0 Å². The van der Waals surface area contributed by atoms with Crippen LogP contribution in [0, 0.1) is 0 Å². The molecule has 0 aromatic heterocycles. The van der Waals surface area contributed by atoms with Gasteiger partial charge in [0.05, 0.1) is 21.1 Å². The van der Waals surface area contributed by atoms with Crippen molar-refractivity contribution in [1.29, 1.82) is 0 Å². The zero-order valence-electron chi connectivity index (χ0n) is 24.7. The highest BCUT2D eigenvalue weighted by Crippen LogP contribution is 2.22. The van der Waals surface area contributed by atoms with E-state index >= 15 is 0 Å². The smallest absolute Gasteiger partial charge is 0.320 e. The number of carbonyl (C=O) groups excluding carboxylic acids is 2. The van der Waals surface area contributed by atoms with E-state index in [2.05, 4.69) is 29.6 Å². The molecule has 226 valence electrons. The van der Waals surface area contributed by atoms with Crippen LogP contribution in [0.15, 0.2) is 24.3 Å². The summed E-state index contributed by atoms with van der Waals surface area (Å²) < 4.78 is 0.519. The fourth-order valence-corrected chi connectivity index (χ4v) is 4.74. The summed E-state index contributed by atoms with van der Waals surface area (Å²) in [5.74, 6) is -2.62. The molecule has 0 aliphatic carbocycles. The Labute approximate surface area is 236 Å². The molecular formula is C30H55N3O6. The number of primary amides is 1. The van der Waals surface area contributed by atoms with Crippen molar-refractivity contribution >= 4 is 17.8 Å². The predicted molar refractivity (Wildman–Crippen MR) is 154 cm³/mol. The number of aliphatic hydroxyl groups is 1. The standard InChI is InChI=1S/C30H55N3O6/c1-33(2,3)25-30(39,24-28(35)36)22-18-16-14-12-10-8-6-4-5-7-9-11-13-15-17-19-23-32-26(29(37)38)20-21-27(31)34/h4-5,9,11,26,32,39H,6-8,10,12-25H2,1-3H3,(H3-,31,34,35,36,37,38)/b5-4-,11-9-/t26-,30?/m0/s1.